The van der Waals surface area contributed by atoms with Gasteiger partial charge in [-0.1, -0.05) is 0 Å². The molecule has 0 aliphatic rings. The molecule has 0 radical (unpaired) electrons. The van der Waals surface area contributed by atoms with Crippen LogP contribution in [0.2, 0.25) is 0 Å². The van der Waals surface area contributed by atoms with E-state index in [1.165, 1.54) is 36.4 Å². The van der Waals surface area contributed by atoms with Gasteiger partial charge in [0.2, 0.25) is 5.78 Å². The number of carbonyl (C=O) groups excluding carboxylic acids is 1. The molecule has 9 heteroatoms. The molecule has 25 heavy (non-hydrogen) atoms. The van der Waals surface area contributed by atoms with E-state index in [1.807, 2.05) is 0 Å². The summed E-state index contributed by atoms with van der Waals surface area (Å²) in [5.74, 6) is -1.11. The fourth-order valence-electron chi connectivity index (χ4n) is 2.21. The quantitative estimate of drug-likeness (QED) is 0.393. The molecule has 0 fully saturated rings. The molecule has 2 aromatic carbocycles. The molecule has 0 aliphatic carbocycles. The Bertz CT molecular complexity index is 960. The summed E-state index contributed by atoms with van der Waals surface area (Å²) < 4.78 is 45.4. The standard InChI is InChI=1S/C16H8F3NO5/c17-16(18,19)25-12-4-1-9(2-5-12)15(21)14-8-10-7-11(20(22)23)3-6-13(10)24-14/h1-8H. The Morgan fingerprint density at radius 2 is 1.76 bits per heavy atom. The third-order valence-electron chi connectivity index (χ3n) is 3.28. The average Bonchev–Trinajstić information content (AvgIpc) is 2.96. The first-order valence-corrected chi connectivity index (χ1v) is 6.81. The van der Waals surface area contributed by atoms with Gasteiger partial charge in [0.25, 0.3) is 5.69 Å². The summed E-state index contributed by atoms with van der Waals surface area (Å²) in [7, 11) is 0. The highest BCUT2D eigenvalue weighted by molar-refractivity contribution is 6.09. The molecular weight excluding hydrogens is 343 g/mol. The summed E-state index contributed by atoms with van der Waals surface area (Å²) in [5, 5.41) is 11.1. The smallest absolute Gasteiger partial charge is 0.453 e. The molecule has 0 amide bonds. The lowest BCUT2D eigenvalue weighted by atomic mass is 10.1. The van der Waals surface area contributed by atoms with Crippen LogP contribution >= 0.6 is 0 Å². The predicted molar refractivity (Wildman–Crippen MR) is 79.4 cm³/mol. The average molecular weight is 351 g/mol. The van der Waals surface area contributed by atoms with Gasteiger partial charge in [-0.25, -0.2) is 0 Å². The number of alkyl halides is 3. The largest absolute Gasteiger partial charge is 0.573 e. The molecule has 0 spiro atoms. The molecular formula is C16H8F3NO5. The number of nitro benzene ring substituents is 1. The number of benzene rings is 2. The van der Waals surface area contributed by atoms with Gasteiger partial charge in [0.05, 0.1) is 4.92 Å². The van der Waals surface area contributed by atoms with E-state index >= 15 is 0 Å². The summed E-state index contributed by atoms with van der Waals surface area (Å²) in [4.78, 5) is 22.5. The number of carbonyl (C=O) groups is 1. The molecule has 3 rings (SSSR count). The van der Waals surface area contributed by atoms with Gasteiger partial charge in [0, 0.05) is 23.1 Å². The van der Waals surface area contributed by atoms with Crippen molar-refractivity contribution >= 4 is 22.4 Å². The lowest BCUT2D eigenvalue weighted by Gasteiger charge is -2.08. The summed E-state index contributed by atoms with van der Waals surface area (Å²) in [6.45, 7) is 0. The minimum absolute atomic E-state index is 0.0833. The number of hydrogen-bond donors (Lipinski definition) is 0. The van der Waals surface area contributed by atoms with Crippen molar-refractivity contribution in [1.29, 1.82) is 0 Å². The van der Waals surface area contributed by atoms with Crippen molar-refractivity contribution in [2.45, 2.75) is 6.36 Å². The number of nitrogens with zero attached hydrogens (tertiary/aromatic N) is 1. The van der Waals surface area contributed by atoms with Crippen molar-refractivity contribution in [2.24, 2.45) is 0 Å². The number of fused-ring (bicyclic) bond motifs is 1. The minimum atomic E-state index is -4.82. The van der Waals surface area contributed by atoms with Crippen molar-refractivity contribution in [2.75, 3.05) is 0 Å². The molecule has 0 saturated heterocycles. The molecule has 0 N–H and O–H groups in total. The Labute approximate surface area is 137 Å². The van der Waals surface area contributed by atoms with E-state index in [-0.39, 0.29) is 22.6 Å². The summed E-state index contributed by atoms with van der Waals surface area (Å²) >= 11 is 0. The summed E-state index contributed by atoms with van der Waals surface area (Å²) in [6, 6.07) is 9.55. The number of nitro groups is 1. The summed E-state index contributed by atoms with van der Waals surface area (Å²) in [6.07, 6.45) is -4.82. The molecule has 3 aromatic rings. The van der Waals surface area contributed by atoms with Crippen molar-refractivity contribution in [1.82, 2.24) is 0 Å². The van der Waals surface area contributed by atoms with Crippen LogP contribution in [-0.2, 0) is 0 Å². The van der Waals surface area contributed by atoms with Gasteiger partial charge in [-0.2, -0.15) is 0 Å². The molecule has 0 bridgehead atoms. The second-order valence-electron chi connectivity index (χ2n) is 4.99. The molecule has 1 heterocycles. The highest BCUT2D eigenvalue weighted by Crippen LogP contribution is 2.27. The van der Waals surface area contributed by atoms with Gasteiger partial charge in [-0.3, -0.25) is 14.9 Å². The number of halogens is 3. The van der Waals surface area contributed by atoms with E-state index < -0.39 is 22.8 Å². The Balaban J connectivity index is 1.87. The number of furan rings is 1. The predicted octanol–water partition coefficient (Wildman–Crippen LogP) is 4.47. The van der Waals surface area contributed by atoms with E-state index in [9.17, 15) is 28.1 Å². The first-order valence-electron chi connectivity index (χ1n) is 6.81. The van der Waals surface area contributed by atoms with Crippen LogP contribution in [-0.4, -0.2) is 17.1 Å². The van der Waals surface area contributed by atoms with Crippen molar-refractivity contribution in [3.05, 3.63) is 70.0 Å². The van der Waals surface area contributed by atoms with Crippen LogP contribution in [0, 0.1) is 10.1 Å². The highest BCUT2D eigenvalue weighted by Gasteiger charge is 2.31. The Kier molecular flexibility index (Phi) is 3.91. The molecule has 1 aromatic heterocycles. The second kappa shape index (κ2) is 5.93. The van der Waals surface area contributed by atoms with E-state index in [2.05, 4.69) is 4.74 Å². The van der Waals surface area contributed by atoms with E-state index in [0.29, 0.717) is 5.39 Å². The van der Waals surface area contributed by atoms with Crippen LogP contribution in [0.3, 0.4) is 0 Å². The third kappa shape index (κ3) is 3.60. The maximum Gasteiger partial charge on any atom is 0.573 e. The van der Waals surface area contributed by atoms with Crippen LogP contribution in [0.25, 0.3) is 11.0 Å². The number of ether oxygens (including phenoxy) is 1. The van der Waals surface area contributed by atoms with E-state index in [0.717, 1.165) is 12.1 Å². The lowest BCUT2D eigenvalue weighted by molar-refractivity contribution is -0.384. The van der Waals surface area contributed by atoms with Gasteiger partial charge < -0.3 is 9.15 Å². The first kappa shape index (κ1) is 16.5. The normalized spacial score (nSPS) is 11.5. The van der Waals surface area contributed by atoms with Crippen LogP contribution in [0.4, 0.5) is 18.9 Å². The summed E-state index contributed by atoms with van der Waals surface area (Å²) in [5.41, 5.74) is 0.218. The van der Waals surface area contributed by atoms with Crippen LogP contribution in [0.1, 0.15) is 16.1 Å². The number of ketones is 1. The van der Waals surface area contributed by atoms with E-state index in [4.69, 9.17) is 4.42 Å². The third-order valence-corrected chi connectivity index (χ3v) is 3.28. The molecule has 128 valence electrons. The Morgan fingerprint density at radius 1 is 1.08 bits per heavy atom. The maximum absolute atomic E-state index is 12.3. The Morgan fingerprint density at radius 3 is 2.36 bits per heavy atom. The SMILES string of the molecule is O=C(c1ccc(OC(F)(F)F)cc1)c1cc2cc([N+](=O)[O-])ccc2o1. The zero-order valence-corrected chi connectivity index (χ0v) is 12.2. The fraction of sp³-hybridized carbons (Fsp3) is 0.0625. The van der Waals surface area contributed by atoms with Crippen LogP contribution in [0.15, 0.2) is 52.9 Å². The van der Waals surface area contributed by atoms with Crippen molar-refractivity contribution in [3.8, 4) is 5.75 Å². The van der Waals surface area contributed by atoms with Crippen LogP contribution < -0.4 is 4.74 Å². The Hall–Kier alpha value is -3.36. The molecule has 0 aliphatic heterocycles. The van der Waals surface area contributed by atoms with Gasteiger partial charge in [-0.05, 0) is 36.4 Å². The van der Waals surface area contributed by atoms with Gasteiger partial charge >= 0.3 is 6.36 Å². The molecule has 0 unspecified atom stereocenters. The van der Waals surface area contributed by atoms with E-state index in [1.54, 1.807) is 0 Å². The fourth-order valence-corrected chi connectivity index (χ4v) is 2.21. The van der Waals surface area contributed by atoms with Crippen molar-refractivity contribution in [3.63, 3.8) is 0 Å². The zero-order chi connectivity index (χ0) is 18.2. The zero-order valence-electron chi connectivity index (χ0n) is 12.2. The van der Waals surface area contributed by atoms with Gasteiger partial charge in [-0.15, -0.1) is 13.2 Å². The molecule has 6 nitrogen and oxygen atoms in total. The topological polar surface area (TPSA) is 82.6 Å². The lowest BCUT2D eigenvalue weighted by Crippen LogP contribution is -2.17. The van der Waals surface area contributed by atoms with Crippen LogP contribution in [0.5, 0.6) is 5.75 Å². The first-order chi connectivity index (χ1) is 11.7. The van der Waals surface area contributed by atoms with Gasteiger partial charge in [0.1, 0.15) is 11.3 Å². The molecule has 0 atom stereocenters. The number of hydrogen-bond acceptors (Lipinski definition) is 5. The van der Waals surface area contributed by atoms with Gasteiger partial charge in [0.15, 0.2) is 5.76 Å². The number of non-ortho nitro benzene ring substituents is 1. The number of rotatable bonds is 4. The molecule has 0 saturated carbocycles. The monoisotopic (exact) mass is 351 g/mol. The van der Waals surface area contributed by atoms with Crippen molar-refractivity contribution < 1.29 is 32.0 Å². The highest BCUT2D eigenvalue weighted by atomic mass is 19.4. The maximum atomic E-state index is 12.3. The minimum Gasteiger partial charge on any atom is -0.453 e. The second-order valence-corrected chi connectivity index (χ2v) is 4.99.